The van der Waals surface area contributed by atoms with E-state index in [1.807, 2.05) is 0 Å². The Bertz CT molecular complexity index is 256. The summed E-state index contributed by atoms with van der Waals surface area (Å²) in [7, 11) is 0. The van der Waals surface area contributed by atoms with Crippen molar-refractivity contribution in [3.63, 3.8) is 0 Å². The van der Waals surface area contributed by atoms with E-state index in [1.54, 1.807) is 0 Å². The van der Waals surface area contributed by atoms with Crippen molar-refractivity contribution in [1.29, 1.82) is 0 Å². The van der Waals surface area contributed by atoms with Crippen LogP contribution in [0.1, 0.15) is 84.5 Å². The molecular weight excluding hydrogens is 258 g/mol. The van der Waals surface area contributed by atoms with Crippen molar-refractivity contribution in [3.8, 4) is 0 Å². The van der Waals surface area contributed by atoms with E-state index in [0.717, 1.165) is 25.0 Å². The molecule has 2 aliphatic carbocycles. The molecule has 2 unspecified atom stereocenters. The second kappa shape index (κ2) is 9.84. The molecular formula is C19H37NO. The first-order chi connectivity index (χ1) is 10.3. The number of hydrogen-bond donors (Lipinski definition) is 1. The summed E-state index contributed by atoms with van der Waals surface area (Å²) in [4.78, 5) is 0. The summed E-state index contributed by atoms with van der Waals surface area (Å²) in [5.74, 6) is 1.75. The molecule has 0 radical (unpaired) electrons. The van der Waals surface area contributed by atoms with Crippen LogP contribution in [0.25, 0.3) is 0 Å². The monoisotopic (exact) mass is 295 g/mol. The van der Waals surface area contributed by atoms with Gasteiger partial charge in [0.05, 0.1) is 6.10 Å². The predicted octanol–water partition coefficient (Wildman–Crippen LogP) is 4.92. The van der Waals surface area contributed by atoms with Crippen LogP contribution in [0, 0.1) is 11.8 Å². The first-order valence-corrected chi connectivity index (χ1v) is 9.70. The first kappa shape index (κ1) is 17.3. The highest BCUT2D eigenvalue weighted by Crippen LogP contribution is 2.34. The van der Waals surface area contributed by atoms with E-state index >= 15 is 0 Å². The molecule has 0 aromatic rings. The van der Waals surface area contributed by atoms with Crippen molar-refractivity contribution in [2.75, 3.05) is 13.2 Å². The number of ether oxygens (including phenoxy) is 1. The van der Waals surface area contributed by atoms with Crippen molar-refractivity contribution >= 4 is 0 Å². The van der Waals surface area contributed by atoms with Crippen LogP contribution in [0.4, 0.5) is 0 Å². The highest BCUT2D eigenvalue weighted by molar-refractivity contribution is 4.87. The van der Waals surface area contributed by atoms with Crippen LogP contribution in [0.15, 0.2) is 0 Å². The third-order valence-corrected chi connectivity index (χ3v) is 5.59. The quantitative estimate of drug-likeness (QED) is 0.652. The molecule has 2 saturated carbocycles. The highest BCUT2D eigenvalue weighted by atomic mass is 16.5. The van der Waals surface area contributed by atoms with Crippen LogP contribution in [-0.4, -0.2) is 25.3 Å². The Balaban J connectivity index is 1.96. The molecule has 0 heterocycles. The number of nitrogens with one attached hydrogen (secondary N) is 1. The minimum atomic E-state index is 0.461. The molecule has 2 aliphatic rings. The van der Waals surface area contributed by atoms with E-state index in [2.05, 4.69) is 19.2 Å². The molecule has 2 heteroatoms. The SMILES string of the molecule is CCCNC(CC1CCCC1)C(OCC)C1CCCCC1. The van der Waals surface area contributed by atoms with Gasteiger partial charge in [0.2, 0.25) is 0 Å². The average molecular weight is 296 g/mol. The molecule has 0 spiro atoms. The van der Waals surface area contributed by atoms with E-state index in [9.17, 15) is 0 Å². The predicted molar refractivity (Wildman–Crippen MR) is 90.6 cm³/mol. The summed E-state index contributed by atoms with van der Waals surface area (Å²) in [6, 6.07) is 0.594. The molecule has 0 aromatic carbocycles. The smallest absolute Gasteiger partial charge is 0.0756 e. The molecule has 0 aromatic heterocycles. The normalized spacial score (nSPS) is 24.3. The third-order valence-electron chi connectivity index (χ3n) is 5.59. The lowest BCUT2D eigenvalue weighted by atomic mass is 9.80. The fourth-order valence-corrected chi connectivity index (χ4v) is 4.50. The Morgan fingerprint density at radius 3 is 2.24 bits per heavy atom. The maximum Gasteiger partial charge on any atom is 0.0756 e. The van der Waals surface area contributed by atoms with Crippen molar-refractivity contribution in [2.24, 2.45) is 11.8 Å². The molecule has 1 N–H and O–H groups in total. The molecule has 0 amide bonds. The maximum absolute atomic E-state index is 6.29. The van der Waals surface area contributed by atoms with Gasteiger partial charge < -0.3 is 10.1 Å². The highest BCUT2D eigenvalue weighted by Gasteiger charge is 2.32. The van der Waals surface area contributed by atoms with Gasteiger partial charge in [0, 0.05) is 12.6 Å². The third kappa shape index (κ3) is 5.56. The summed E-state index contributed by atoms with van der Waals surface area (Å²) in [5.41, 5.74) is 0. The lowest BCUT2D eigenvalue weighted by Crippen LogP contribution is -2.47. The van der Waals surface area contributed by atoms with E-state index in [4.69, 9.17) is 4.74 Å². The summed E-state index contributed by atoms with van der Waals surface area (Å²) >= 11 is 0. The van der Waals surface area contributed by atoms with Gasteiger partial charge in [-0.1, -0.05) is 51.9 Å². The number of rotatable bonds is 9. The molecule has 2 nitrogen and oxygen atoms in total. The van der Waals surface area contributed by atoms with Gasteiger partial charge in [-0.05, 0) is 51.0 Å². The van der Waals surface area contributed by atoms with E-state index < -0.39 is 0 Å². The Labute approximate surface area is 132 Å². The van der Waals surface area contributed by atoms with Gasteiger partial charge in [0.15, 0.2) is 0 Å². The zero-order valence-corrected chi connectivity index (χ0v) is 14.4. The topological polar surface area (TPSA) is 21.3 Å². The van der Waals surface area contributed by atoms with Gasteiger partial charge >= 0.3 is 0 Å². The lowest BCUT2D eigenvalue weighted by Gasteiger charge is -2.37. The van der Waals surface area contributed by atoms with Crippen LogP contribution in [0.2, 0.25) is 0 Å². The summed E-state index contributed by atoms with van der Waals surface area (Å²) in [5, 5.41) is 3.85. The van der Waals surface area contributed by atoms with Gasteiger partial charge in [-0.3, -0.25) is 0 Å². The maximum atomic E-state index is 6.29. The van der Waals surface area contributed by atoms with Crippen molar-refractivity contribution in [3.05, 3.63) is 0 Å². The fourth-order valence-electron chi connectivity index (χ4n) is 4.50. The van der Waals surface area contributed by atoms with Crippen molar-refractivity contribution < 1.29 is 4.74 Å². The van der Waals surface area contributed by atoms with E-state index in [1.165, 1.54) is 70.6 Å². The molecule has 2 rings (SSSR count). The Hall–Kier alpha value is -0.0800. The molecule has 0 aliphatic heterocycles. The van der Waals surface area contributed by atoms with Gasteiger partial charge in [-0.25, -0.2) is 0 Å². The zero-order valence-electron chi connectivity index (χ0n) is 14.4. The Morgan fingerprint density at radius 2 is 1.62 bits per heavy atom. The fraction of sp³-hybridized carbons (Fsp3) is 1.00. The van der Waals surface area contributed by atoms with Crippen LogP contribution in [-0.2, 0) is 4.74 Å². The van der Waals surface area contributed by atoms with E-state index in [-0.39, 0.29) is 0 Å². The summed E-state index contributed by atoms with van der Waals surface area (Å²) in [6.07, 6.45) is 15.9. The van der Waals surface area contributed by atoms with Gasteiger partial charge in [0.25, 0.3) is 0 Å². The molecule has 124 valence electrons. The summed E-state index contributed by atoms with van der Waals surface area (Å²) < 4.78 is 6.29. The second-order valence-corrected chi connectivity index (χ2v) is 7.26. The summed E-state index contributed by atoms with van der Waals surface area (Å²) in [6.45, 7) is 6.46. The van der Waals surface area contributed by atoms with E-state index in [0.29, 0.717) is 12.1 Å². The number of hydrogen-bond acceptors (Lipinski definition) is 2. The first-order valence-electron chi connectivity index (χ1n) is 9.70. The molecule has 2 fully saturated rings. The second-order valence-electron chi connectivity index (χ2n) is 7.26. The van der Waals surface area contributed by atoms with Gasteiger partial charge in [-0.15, -0.1) is 0 Å². The molecule has 21 heavy (non-hydrogen) atoms. The lowest BCUT2D eigenvalue weighted by molar-refractivity contribution is -0.0225. The van der Waals surface area contributed by atoms with Crippen LogP contribution in [0.5, 0.6) is 0 Å². The van der Waals surface area contributed by atoms with Gasteiger partial charge in [-0.2, -0.15) is 0 Å². The standard InChI is InChI=1S/C19H37NO/c1-3-14-20-18(15-16-10-8-9-11-16)19(21-4-2)17-12-6-5-7-13-17/h16-20H,3-15H2,1-2H3. The minimum Gasteiger partial charge on any atom is -0.377 e. The van der Waals surface area contributed by atoms with Crippen molar-refractivity contribution in [1.82, 2.24) is 5.32 Å². The average Bonchev–Trinajstić information content (AvgIpc) is 3.03. The zero-order chi connectivity index (χ0) is 14.9. The molecule has 0 saturated heterocycles. The van der Waals surface area contributed by atoms with Crippen molar-refractivity contribution in [2.45, 2.75) is 96.6 Å². The Morgan fingerprint density at radius 1 is 0.952 bits per heavy atom. The van der Waals surface area contributed by atoms with Crippen LogP contribution >= 0.6 is 0 Å². The van der Waals surface area contributed by atoms with Crippen LogP contribution in [0.3, 0.4) is 0 Å². The molecule has 2 atom stereocenters. The largest absolute Gasteiger partial charge is 0.377 e. The Kier molecular flexibility index (Phi) is 8.10. The minimum absolute atomic E-state index is 0.461. The van der Waals surface area contributed by atoms with Gasteiger partial charge in [0.1, 0.15) is 0 Å². The molecule has 0 bridgehead atoms. The van der Waals surface area contributed by atoms with Crippen LogP contribution < -0.4 is 5.32 Å².